The molecule has 0 fully saturated rings. The van der Waals surface area contributed by atoms with E-state index in [9.17, 15) is 26.8 Å². The number of carbonyl (C=O) groups excluding carboxylic acids is 2. The lowest BCUT2D eigenvalue weighted by Crippen LogP contribution is -2.33. The summed E-state index contributed by atoms with van der Waals surface area (Å²) in [6.45, 7) is 4.68. The maximum atomic E-state index is 13.7. The van der Waals surface area contributed by atoms with E-state index in [1.54, 1.807) is 30.9 Å². The Bertz CT molecular complexity index is 1130. The molecule has 0 atom stereocenters. The summed E-state index contributed by atoms with van der Waals surface area (Å²) in [6, 6.07) is 7.38. The van der Waals surface area contributed by atoms with E-state index in [-0.39, 0.29) is 29.3 Å². The molecule has 0 saturated heterocycles. The molecule has 2 aromatic rings. The van der Waals surface area contributed by atoms with Crippen LogP contribution in [0.5, 0.6) is 0 Å². The van der Waals surface area contributed by atoms with Crippen molar-refractivity contribution in [1.82, 2.24) is 9.62 Å². The van der Waals surface area contributed by atoms with Crippen LogP contribution in [0.2, 0.25) is 0 Å². The Kier molecular flexibility index (Phi) is 7.25. The number of halogens is 2. The zero-order chi connectivity index (χ0) is 23.5. The standard InChI is InChI=1S/C22H25F2N3O4S/c1-3-26(4-2)32(30,31)17-6-8-20-15(13-17)10-12-27(20)21(28)9-11-25-22(29)18-7-5-16(23)14-19(18)24/h5-8,13-14H,3-4,9-12H2,1-2H3,(H,25,29). The van der Waals surface area contributed by atoms with Gasteiger partial charge in [-0.1, -0.05) is 13.8 Å². The van der Waals surface area contributed by atoms with Crippen LogP contribution in [0.4, 0.5) is 14.5 Å². The van der Waals surface area contributed by atoms with Gasteiger partial charge in [0.15, 0.2) is 0 Å². The molecule has 32 heavy (non-hydrogen) atoms. The van der Waals surface area contributed by atoms with Crippen LogP contribution < -0.4 is 10.2 Å². The maximum absolute atomic E-state index is 13.7. The van der Waals surface area contributed by atoms with Crippen molar-refractivity contribution < 1.29 is 26.8 Å². The Balaban J connectivity index is 1.64. The van der Waals surface area contributed by atoms with Gasteiger partial charge in [-0.15, -0.1) is 0 Å². The van der Waals surface area contributed by atoms with Gasteiger partial charge in [0, 0.05) is 44.4 Å². The van der Waals surface area contributed by atoms with Gasteiger partial charge in [-0.05, 0) is 42.3 Å². The summed E-state index contributed by atoms with van der Waals surface area (Å²) < 4.78 is 53.5. The molecule has 10 heteroatoms. The first kappa shape index (κ1) is 23.8. The highest BCUT2D eigenvalue weighted by molar-refractivity contribution is 7.89. The molecule has 0 bridgehead atoms. The highest BCUT2D eigenvalue weighted by Gasteiger charge is 2.28. The predicted molar refractivity (Wildman–Crippen MR) is 116 cm³/mol. The summed E-state index contributed by atoms with van der Waals surface area (Å²) in [4.78, 5) is 26.4. The van der Waals surface area contributed by atoms with Gasteiger partial charge < -0.3 is 10.2 Å². The highest BCUT2D eigenvalue weighted by Crippen LogP contribution is 2.31. The number of carbonyl (C=O) groups is 2. The molecule has 0 saturated carbocycles. The lowest BCUT2D eigenvalue weighted by atomic mass is 10.2. The molecule has 0 unspecified atom stereocenters. The monoisotopic (exact) mass is 465 g/mol. The van der Waals surface area contributed by atoms with Crippen molar-refractivity contribution in [1.29, 1.82) is 0 Å². The number of nitrogens with zero attached hydrogens (tertiary/aromatic N) is 2. The van der Waals surface area contributed by atoms with E-state index >= 15 is 0 Å². The molecule has 1 N–H and O–H groups in total. The van der Waals surface area contributed by atoms with Crippen LogP contribution in [0.15, 0.2) is 41.3 Å². The van der Waals surface area contributed by atoms with E-state index in [0.717, 1.165) is 17.7 Å². The molecule has 0 aliphatic carbocycles. The first-order valence-corrected chi connectivity index (χ1v) is 11.8. The van der Waals surface area contributed by atoms with Gasteiger partial charge in [-0.2, -0.15) is 4.31 Å². The minimum absolute atomic E-state index is 0.0191. The first-order valence-electron chi connectivity index (χ1n) is 10.4. The SMILES string of the molecule is CCN(CC)S(=O)(=O)c1ccc2c(c1)CCN2C(=O)CCNC(=O)c1ccc(F)cc1F. The summed E-state index contributed by atoms with van der Waals surface area (Å²) in [5.41, 5.74) is 1.11. The van der Waals surface area contributed by atoms with Gasteiger partial charge in [0.05, 0.1) is 10.5 Å². The minimum atomic E-state index is -3.59. The van der Waals surface area contributed by atoms with E-state index in [1.165, 1.54) is 10.4 Å². The molecule has 2 aromatic carbocycles. The van der Waals surface area contributed by atoms with Crippen LogP contribution in [0, 0.1) is 11.6 Å². The molecule has 0 aromatic heterocycles. The number of amides is 2. The molecular weight excluding hydrogens is 440 g/mol. The fraction of sp³-hybridized carbons (Fsp3) is 0.364. The summed E-state index contributed by atoms with van der Waals surface area (Å²) >= 11 is 0. The fourth-order valence-electron chi connectivity index (χ4n) is 3.70. The Morgan fingerprint density at radius 3 is 2.47 bits per heavy atom. The van der Waals surface area contributed by atoms with Crippen molar-refractivity contribution in [3.05, 3.63) is 59.2 Å². The first-order chi connectivity index (χ1) is 15.2. The third kappa shape index (κ3) is 4.81. The Labute approximate surface area is 186 Å². The number of hydrogen-bond donors (Lipinski definition) is 1. The van der Waals surface area contributed by atoms with Crippen LogP contribution in [-0.2, 0) is 21.2 Å². The summed E-state index contributed by atoms with van der Waals surface area (Å²) in [5.74, 6) is -2.74. The lowest BCUT2D eigenvalue weighted by Gasteiger charge is -2.20. The van der Waals surface area contributed by atoms with E-state index in [1.807, 2.05) is 0 Å². The van der Waals surface area contributed by atoms with Gasteiger partial charge in [-0.25, -0.2) is 17.2 Å². The Morgan fingerprint density at radius 1 is 1.09 bits per heavy atom. The van der Waals surface area contributed by atoms with Crippen molar-refractivity contribution in [3.8, 4) is 0 Å². The van der Waals surface area contributed by atoms with Crippen LogP contribution in [-0.4, -0.2) is 50.7 Å². The Morgan fingerprint density at radius 2 is 1.81 bits per heavy atom. The number of sulfonamides is 1. The number of nitrogens with one attached hydrogen (secondary N) is 1. The minimum Gasteiger partial charge on any atom is -0.351 e. The number of rotatable bonds is 8. The molecule has 172 valence electrons. The average molecular weight is 466 g/mol. The zero-order valence-electron chi connectivity index (χ0n) is 17.9. The van der Waals surface area contributed by atoms with Crippen molar-refractivity contribution in [2.75, 3.05) is 31.1 Å². The summed E-state index contributed by atoms with van der Waals surface area (Å²) in [5, 5.41) is 2.46. The van der Waals surface area contributed by atoms with E-state index in [0.29, 0.717) is 37.8 Å². The molecule has 0 spiro atoms. The zero-order valence-corrected chi connectivity index (χ0v) is 18.7. The molecule has 1 aliphatic rings. The van der Waals surface area contributed by atoms with E-state index in [2.05, 4.69) is 5.32 Å². The smallest absolute Gasteiger partial charge is 0.254 e. The molecule has 3 rings (SSSR count). The summed E-state index contributed by atoms with van der Waals surface area (Å²) in [6.07, 6.45) is 0.503. The van der Waals surface area contributed by atoms with Crippen LogP contribution >= 0.6 is 0 Å². The van der Waals surface area contributed by atoms with E-state index in [4.69, 9.17) is 0 Å². The molecular formula is C22H25F2N3O4S. The number of benzene rings is 2. The molecule has 0 radical (unpaired) electrons. The molecule has 2 amide bonds. The molecule has 7 nitrogen and oxygen atoms in total. The second-order valence-corrected chi connectivity index (χ2v) is 9.24. The van der Waals surface area contributed by atoms with Crippen molar-refractivity contribution in [2.45, 2.75) is 31.6 Å². The molecule has 1 aliphatic heterocycles. The number of hydrogen-bond acceptors (Lipinski definition) is 4. The number of fused-ring (bicyclic) bond motifs is 1. The van der Waals surface area contributed by atoms with E-state index < -0.39 is 27.6 Å². The van der Waals surface area contributed by atoms with Crippen LogP contribution in [0.3, 0.4) is 0 Å². The van der Waals surface area contributed by atoms with Crippen LogP contribution in [0.25, 0.3) is 0 Å². The Hall–Kier alpha value is -2.85. The lowest BCUT2D eigenvalue weighted by molar-refractivity contribution is -0.118. The molecule has 1 heterocycles. The van der Waals surface area contributed by atoms with Crippen molar-refractivity contribution in [3.63, 3.8) is 0 Å². The maximum Gasteiger partial charge on any atom is 0.254 e. The van der Waals surface area contributed by atoms with Crippen LogP contribution in [0.1, 0.15) is 36.2 Å². The predicted octanol–water partition coefficient (Wildman–Crippen LogP) is 2.70. The van der Waals surface area contributed by atoms with Gasteiger partial charge in [0.25, 0.3) is 5.91 Å². The van der Waals surface area contributed by atoms with Crippen molar-refractivity contribution in [2.24, 2.45) is 0 Å². The second kappa shape index (κ2) is 9.74. The number of anilines is 1. The van der Waals surface area contributed by atoms with Gasteiger partial charge >= 0.3 is 0 Å². The quantitative estimate of drug-likeness (QED) is 0.650. The normalized spacial score (nSPS) is 13.3. The summed E-state index contributed by atoms with van der Waals surface area (Å²) in [7, 11) is -3.59. The largest absolute Gasteiger partial charge is 0.351 e. The average Bonchev–Trinajstić information content (AvgIpc) is 3.17. The van der Waals surface area contributed by atoms with Gasteiger partial charge in [-0.3, -0.25) is 9.59 Å². The highest BCUT2D eigenvalue weighted by atomic mass is 32.2. The van der Waals surface area contributed by atoms with Gasteiger partial charge in [0.2, 0.25) is 15.9 Å². The third-order valence-electron chi connectivity index (χ3n) is 5.39. The topological polar surface area (TPSA) is 86.8 Å². The van der Waals surface area contributed by atoms with Crippen molar-refractivity contribution >= 4 is 27.5 Å². The van der Waals surface area contributed by atoms with Gasteiger partial charge in [0.1, 0.15) is 11.6 Å². The second-order valence-electron chi connectivity index (χ2n) is 7.31. The third-order valence-corrected chi connectivity index (χ3v) is 7.44. The fourth-order valence-corrected chi connectivity index (χ4v) is 5.21.